The van der Waals surface area contributed by atoms with Crippen LogP contribution in [-0.4, -0.2) is 25.9 Å². The predicted octanol–water partition coefficient (Wildman–Crippen LogP) is 5.03. The van der Waals surface area contributed by atoms with Gasteiger partial charge in [-0.25, -0.2) is 9.97 Å². The molecular formula is C23H23ClN4O2. The number of hydrogen-bond donors (Lipinski definition) is 1. The van der Waals surface area contributed by atoms with Gasteiger partial charge in [0.15, 0.2) is 5.76 Å². The van der Waals surface area contributed by atoms with E-state index < -0.39 is 0 Å². The fraction of sp³-hybridized carbons (Fsp3) is 0.261. The molecule has 1 unspecified atom stereocenters. The second-order valence-electron chi connectivity index (χ2n) is 7.32. The van der Waals surface area contributed by atoms with E-state index in [0.29, 0.717) is 46.5 Å². The molecule has 0 spiro atoms. The molecule has 1 atom stereocenters. The summed E-state index contributed by atoms with van der Waals surface area (Å²) in [6.45, 7) is 5.26. The van der Waals surface area contributed by atoms with Gasteiger partial charge in [0.1, 0.15) is 5.82 Å². The molecule has 4 aromatic rings. The van der Waals surface area contributed by atoms with Gasteiger partial charge < -0.3 is 9.40 Å². The highest BCUT2D eigenvalue weighted by molar-refractivity contribution is 6.30. The lowest BCUT2D eigenvalue weighted by Crippen LogP contribution is -2.33. The summed E-state index contributed by atoms with van der Waals surface area (Å²) in [4.78, 5) is 26.6. The van der Waals surface area contributed by atoms with Crippen molar-refractivity contribution in [3.63, 3.8) is 0 Å². The van der Waals surface area contributed by atoms with Crippen LogP contribution < -0.4 is 5.56 Å². The zero-order chi connectivity index (χ0) is 21.1. The number of fused-ring (bicyclic) bond motifs is 1. The highest BCUT2D eigenvalue weighted by Crippen LogP contribution is 2.24. The van der Waals surface area contributed by atoms with Gasteiger partial charge in [-0.1, -0.05) is 42.8 Å². The van der Waals surface area contributed by atoms with Crippen LogP contribution in [-0.2, 0) is 13.1 Å². The van der Waals surface area contributed by atoms with Crippen LogP contribution in [0, 0.1) is 0 Å². The zero-order valence-corrected chi connectivity index (χ0v) is 17.7. The number of oxazole rings is 1. The molecule has 0 aliphatic rings. The first-order valence-electron chi connectivity index (χ1n) is 9.96. The summed E-state index contributed by atoms with van der Waals surface area (Å²) in [5.41, 5.74) is 1.45. The van der Waals surface area contributed by atoms with Crippen molar-refractivity contribution >= 4 is 22.5 Å². The normalized spacial score (nSPS) is 12.5. The molecule has 0 aliphatic heterocycles. The Morgan fingerprint density at radius 1 is 1.17 bits per heavy atom. The van der Waals surface area contributed by atoms with E-state index in [2.05, 4.69) is 33.7 Å². The van der Waals surface area contributed by atoms with E-state index in [0.717, 1.165) is 12.0 Å². The van der Waals surface area contributed by atoms with Crippen LogP contribution in [0.1, 0.15) is 32.0 Å². The molecule has 2 aromatic heterocycles. The smallest absolute Gasteiger partial charge is 0.258 e. The Kier molecular flexibility index (Phi) is 5.97. The number of aromatic nitrogens is 3. The van der Waals surface area contributed by atoms with Crippen LogP contribution in [0.4, 0.5) is 0 Å². The molecule has 1 N–H and O–H groups in total. The van der Waals surface area contributed by atoms with Crippen LogP contribution in [0.2, 0.25) is 5.02 Å². The van der Waals surface area contributed by atoms with Crippen molar-refractivity contribution in [2.24, 2.45) is 0 Å². The number of para-hydroxylation sites is 1. The molecule has 2 heterocycles. The average Bonchev–Trinajstić information content (AvgIpc) is 3.21. The molecule has 7 heteroatoms. The summed E-state index contributed by atoms with van der Waals surface area (Å²) in [6.07, 6.45) is 2.66. The third-order valence-corrected chi connectivity index (χ3v) is 5.47. The molecule has 2 aromatic carbocycles. The Bertz CT molecular complexity index is 1220. The van der Waals surface area contributed by atoms with Crippen molar-refractivity contribution in [1.29, 1.82) is 0 Å². The molecule has 0 saturated heterocycles. The maximum absolute atomic E-state index is 12.4. The first-order valence-corrected chi connectivity index (χ1v) is 10.3. The van der Waals surface area contributed by atoms with Gasteiger partial charge in [0, 0.05) is 16.6 Å². The van der Waals surface area contributed by atoms with Gasteiger partial charge in [-0.15, -0.1) is 0 Å². The second-order valence-corrected chi connectivity index (χ2v) is 7.76. The number of nitrogens with one attached hydrogen (secondary N) is 1. The standard InChI is InChI=1S/C23H23ClN4O2/c1-3-15(2)28(13-21-26-19-10-5-4-9-18(19)23(29)27-21)14-22-25-12-20(30-22)16-7-6-8-17(24)11-16/h4-12,15H,3,13-14H2,1-2H3,(H,26,27,29). The molecule has 0 aliphatic carbocycles. The lowest BCUT2D eigenvalue weighted by Gasteiger charge is -2.26. The molecule has 6 nitrogen and oxygen atoms in total. The summed E-state index contributed by atoms with van der Waals surface area (Å²) in [7, 11) is 0. The second kappa shape index (κ2) is 8.81. The summed E-state index contributed by atoms with van der Waals surface area (Å²) in [5.74, 6) is 1.91. The molecule has 0 bridgehead atoms. The maximum atomic E-state index is 12.4. The molecule has 0 amide bonds. The van der Waals surface area contributed by atoms with Crippen molar-refractivity contribution in [1.82, 2.24) is 19.9 Å². The number of halogens is 1. The Balaban J connectivity index is 1.58. The maximum Gasteiger partial charge on any atom is 0.258 e. The highest BCUT2D eigenvalue weighted by atomic mass is 35.5. The molecule has 0 radical (unpaired) electrons. The van der Waals surface area contributed by atoms with Gasteiger partial charge in [-0.05, 0) is 37.6 Å². The van der Waals surface area contributed by atoms with Gasteiger partial charge >= 0.3 is 0 Å². The van der Waals surface area contributed by atoms with Crippen molar-refractivity contribution in [2.75, 3.05) is 0 Å². The van der Waals surface area contributed by atoms with Crippen molar-refractivity contribution < 1.29 is 4.42 Å². The van der Waals surface area contributed by atoms with Gasteiger partial charge in [-0.2, -0.15) is 0 Å². The van der Waals surface area contributed by atoms with E-state index in [1.54, 1.807) is 12.3 Å². The summed E-state index contributed by atoms with van der Waals surface area (Å²) >= 11 is 6.08. The fourth-order valence-electron chi connectivity index (χ4n) is 3.36. The lowest BCUT2D eigenvalue weighted by atomic mass is 10.2. The zero-order valence-electron chi connectivity index (χ0n) is 16.9. The Morgan fingerprint density at radius 3 is 2.80 bits per heavy atom. The minimum Gasteiger partial charge on any atom is -0.439 e. The Labute approximate surface area is 179 Å². The van der Waals surface area contributed by atoms with Gasteiger partial charge in [-0.3, -0.25) is 9.69 Å². The fourth-order valence-corrected chi connectivity index (χ4v) is 3.55. The van der Waals surface area contributed by atoms with Crippen LogP contribution >= 0.6 is 11.6 Å². The van der Waals surface area contributed by atoms with E-state index in [-0.39, 0.29) is 11.6 Å². The third kappa shape index (κ3) is 4.45. The topological polar surface area (TPSA) is 75.0 Å². The van der Waals surface area contributed by atoms with Crippen LogP contribution in [0.3, 0.4) is 0 Å². The predicted molar refractivity (Wildman–Crippen MR) is 118 cm³/mol. The van der Waals surface area contributed by atoms with E-state index in [1.807, 2.05) is 42.5 Å². The van der Waals surface area contributed by atoms with Gasteiger partial charge in [0.2, 0.25) is 5.89 Å². The molecule has 154 valence electrons. The average molecular weight is 423 g/mol. The molecular weight excluding hydrogens is 400 g/mol. The van der Waals surface area contributed by atoms with E-state index in [9.17, 15) is 4.79 Å². The van der Waals surface area contributed by atoms with E-state index in [4.69, 9.17) is 16.0 Å². The quantitative estimate of drug-likeness (QED) is 0.452. The summed E-state index contributed by atoms with van der Waals surface area (Å²) < 4.78 is 5.98. The molecule has 30 heavy (non-hydrogen) atoms. The first-order chi connectivity index (χ1) is 14.5. The highest BCUT2D eigenvalue weighted by Gasteiger charge is 2.18. The Morgan fingerprint density at radius 2 is 2.00 bits per heavy atom. The minimum atomic E-state index is -0.126. The first kappa shape index (κ1) is 20.3. The number of aromatic amines is 1. The number of hydrogen-bond acceptors (Lipinski definition) is 5. The van der Waals surface area contributed by atoms with Gasteiger partial charge in [0.05, 0.1) is 30.2 Å². The summed E-state index contributed by atoms with van der Waals surface area (Å²) in [6, 6.07) is 15.1. The molecule has 0 fully saturated rings. The monoisotopic (exact) mass is 422 g/mol. The van der Waals surface area contributed by atoms with Crippen LogP contribution in [0.5, 0.6) is 0 Å². The molecule has 0 saturated carbocycles. The van der Waals surface area contributed by atoms with Gasteiger partial charge in [0.25, 0.3) is 5.56 Å². The number of nitrogens with zero attached hydrogens (tertiary/aromatic N) is 3. The van der Waals surface area contributed by atoms with Crippen LogP contribution in [0.15, 0.2) is 63.9 Å². The number of rotatable bonds is 7. The van der Waals surface area contributed by atoms with Crippen LogP contribution in [0.25, 0.3) is 22.2 Å². The largest absolute Gasteiger partial charge is 0.439 e. The SMILES string of the molecule is CCC(C)N(Cc1nc2ccccc2c(=O)[nH]1)Cc1ncc(-c2cccc(Cl)c2)o1. The number of H-pyrrole nitrogens is 1. The number of benzene rings is 2. The molecule has 4 rings (SSSR count). The minimum absolute atomic E-state index is 0.126. The van der Waals surface area contributed by atoms with E-state index >= 15 is 0 Å². The van der Waals surface area contributed by atoms with Crippen molar-refractivity contribution in [3.05, 3.63) is 81.8 Å². The van der Waals surface area contributed by atoms with Crippen molar-refractivity contribution in [2.45, 2.75) is 39.4 Å². The Hall–Kier alpha value is -2.96. The third-order valence-electron chi connectivity index (χ3n) is 5.23. The van der Waals surface area contributed by atoms with Crippen molar-refractivity contribution in [3.8, 4) is 11.3 Å². The summed E-state index contributed by atoms with van der Waals surface area (Å²) in [5, 5.41) is 1.24. The van der Waals surface area contributed by atoms with E-state index in [1.165, 1.54) is 0 Å². The lowest BCUT2D eigenvalue weighted by molar-refractivity contribution is 0.165.